The van der Waals surface area contributed by atoms with Gasteiger partial charge in [-0.1, -0.05) is 6.07 Å². The number of hydrogen-bond acceptors (Lipinski definition) is 3. The first-order valence-electron chi connectivity index (χ1n) is 7.65. The number of anilines is 1. The Kier molecular flexibility index (Phi) is 5.94. The zero-order chi connectivity index (χ0) is 15.8. The van der Waals surface area contributed by atoms with E-state index in [2.05, 4.69) is 20.7 Å². The van der Waals surface area contributed by atoms with Gasteiger partial charge in [-0.15, -0.1) is 0 Å². The number of aryl methyl sites for hydroxylation is 1. The van der Waals surface area contributed by atoms with Gasteiger partial charge in [-0.25, -0.2) is 9.48 Å². The highest BCUT2D eigenvalue weighted by molar-refractivity contribution is 5.88. The van der Waals surface area contributed by atoms with Crippen molar-refractivity contribution >= 4 is 11.8 Å². The third-order valence-corrected chi connectivity index (χ3v) is 3.27. The molecule has 0 atom stereocenters. The first kappa shape index (κ1) is 16.0. The molecule has 2 aromatic heterocycles. The minimum atomic E-state index is -0.194. The summed E-state index contributed by atoms with van der Waals surface area (Å²) < 4.78 is 1.78. The smallest absolute Gasteiger partial charge is 0.320 e. The van der Waals surface area contributed by atoms with Gasteiger partial charge in [0.15, 0.2) is 0 Å². The van der Waals surface area contributed by atoms with Gasteiger partial charge < -0.3 is 5.32 Å². The predicted molar refractivity (Wildman–Crippen MR) is 86.8 cm³/mol. The molecular formula is C16H23N5O. The standard InChI is InChI=1S/C16H23N5O/c1-13(2)21-15(9-12-19-21)20-16(22)18-11-6-4-8-14-7-3-5-10-17-14/h3,5,7,9-10,12-13H,4,6,8,11H2,1-2H3,(H2,18,20,22). The Hall–Kier alpha value is -2.37. The number of carbonyl (C=O) groups is 1. The number of hydrogen-bond donors (Lipinski definition) is 2. The van der Waals surface area contributed by atoms with E-state index in [0.29, 0.717) is 12.4 Å². The monoisotopic (exact) mass is 301 g/mol. The number of nitrogens with one attached hydrogen (secondary N) is 2. The predicted octanol–water partition coefficient (Wildman–Crippen LogP) is 3.00. The topological polar surface area (TPSA) is 71.8 Å². The molecule has 2 heterocycles. The van der Waals surface area contributed by atoms with Gasteiger partial charge in [0, 0.05) is 30.5 Å². The Morgan fingerprint density at radius 3 is 2.82 bits per heavy atom. The Balaban J connectivity index is 1.65. The first-order chi connectivity index (χ1) is 10.7. The van der Waals surface area contributed by atoms with Crippen molar-refractivity contribution in [3.05, 3.63) is 42.4 Å². The van der Waals surface area contributed by atoms with Gasteiger partial charge in [0.25, 0.3) is 0 Å². The second-order valence-electron chi connectivity index (χ2n) is 5.41. The van der Waals surface area contributed by atoms with E-state index >= 15 is 0 Å². The van der Waals surface area contributed by atoms with Crippen molar-refractivity contribution < 1.29 is 4.79 Å². The highest BCUT2D eigenvalue weighted by atomic mass is 16.2. The normalized spacial score (nSPS) is 10.7. The van der Waals surface area contributed by atoms with Crippen LogP contribution in [-0.4, -0.2) is 27.3 Å². The van der Waals surface area contributed by atoms with Crippen LogP contribution in [0.1, 0.15) is 38.4 Å². The van der Waals surface area contributed by atoms with Crippen LogP contribution in [0.3, 0.4) is 0 Å². The molecule has 118 valence electrons. The molecule has 0 radical (unpaired) electrons. The highest BCUT2D eigenvalue weighted by Crippen LogP contribution is 2.12. The average molecular weight is 301 g/mol. The quantitative estimate of drug-likeness (QED) is 0.772. The van der Waals surface area contributed by atoms with Crippen LogP contribution in [0.4, 0.5) is 10.6 Å². The zero-order valence-corrected chi connectivity index (χ0v) is 13.1. The number of carbonyl (C=O) groups excluding carboxylic acids is 1. The van der Waals surface area contributed by atoms with Crippen LogP contribution in [0.15, 0.2) is 36.7 Å². The summed E-state index contributed by atoms with van der Waals surface area (Å²) in [4.78, 5) is 16.1. The average Bonchev–Trinajstić information content (AvgIpc) is 2.96. The molecule has 22 heavy (non-hydrogen) atoms. The number of aromatic nitrogens is 3. The van der Waals surface area contributed by atoms with Gasteiger partial charge in [-0.3, -0.25) is 10.3 Å². The number of unbranched alkanes of at least 4 members (excludes halogenated alkanes) is 1. The second kappa shape index (κ2) is 8.17. The fourth-order valence-corrected chi connectivity index (χ4v) is 2.16. The molecule has 0 aromatic carbocycles. The van der Waals surface area contributed by atoms with E-state index in [1.165, 1.54) is 0 Å². The summed E-state index contributed by atoms with van der Waals surface area (Å²) in [5.41, 5.74) is 1.09. The minimum Gasteiger partial charge on any atom is -0.338 e. The Morgan fingerprint density at radius 1 is 1.23 bits per heavy atom. The van der Waals surface area contributed by atoms with Crippen LogP contribution in [0.2, 0.25) is 0 Å². The molecule has 0 aliphatic heterocycles. The Bertz CT molecular complexity index is 579. The molecule has 2 aromatic rings. The lowest BCUT2D eigenvalue weighted by molar-refractivity contribution is 0.251. The van der Waals surface area contributed by atoms with Crippen molar-refractivity contribution in [3.8, 4) is 0 Å². The summed E-state index contributed by atoms with van der Waals surface area (Å²) in [6.45, 7) is 4.69. The molecule has 2 rings (SSSR count). The minimum absolute atomic E-state index is 0.194. The van der Waals surface area contributed by atoms with Crippen molar-refractivity contribution in [1.82, 2.24) is 20.1 Å². The van der Waals surface area contributed by atoms with Crippen molar-refractivity contribution in [2.24, 2.45) is 0 Å². The highest BCUT2D eigenvalue weighted by Gasteiger charge is 2.08. The maximum Gasteiger partial charge on any atom is 0.320 e. The van der Waals surface area contributed by atoms with Gasteiger partial charge in [-0.2, -0.15) is 5.10 Å². The summed E-state index contributed by atoms with van der Waals surface area (Å²) in [5, 5.41) is 9.86. The second-order valence-corrected chi connectivity index (χ2v) is 5.41. The van der Waals surface area contributed by atoms with Crippen LogP contribution in [-0.2, 0) is 6.42 Å². The van der Waals surface area contributed by atoms with Gasteiger partial charge in [-0.05, 0) is 45.2 Å². The maximum absolute atomic E-state index is 11.8. The Labute approximate surface area is 130 Å². The van der Waals surface area contributed by atoms with Crippen LogP contribution in [0.5, 0.6) is 0 Å². The number of pyridine rings is 1. The number of nitrogens with zero attached hydrogens (tertiary/aromatic N) is 3. The summed E-state index contributed by atoms with van der Waals surface area (Å²) in [7, 11) is 0. The fraction of sp³-hybridized carbons (Fsp3) is 0.438. The van der Waals surface area contributed by atoms with Crippen molar-refractivity contribution in [3.63, 3.8) is 0 Å². The molecular weight excluding hydrogens is 278 g/mol. The van der Waals surface area contributed by atoms with E-state index in [-0.39, 0.29) is 12.1 Å². The molecule has 0 fully saturated rings. The molecule has 0 spiro atoms. The Morgan fingerprint density at radius 2 is 2.09 bits per heavy atom. The SMILES string of the molecule is CC(C)n1nccc1NC(=O)NCCCCc1ccccn1. The third-order valence-electron chi connectivity index (χ3n) is 3.27. The lowest BCUT2D eigenvalue weighted by Gasteiger charge is -2.12. The van der Waals surface area contributed by atoms with Gasteiger partial charge >= 0.3 is 6.03 Å². The van der Waals surface area contributed by atoms with Gasteiger partial charge in [0.1, 0.15) is 5.82 Å². The first-order valence-corrected chi connectivity index (χ1v) is 7.65. The number of urea groups is 1. The van der Waals surface area contributed by atoms with Crippen LogP contribution >= 0.6 is 0 Å². The van der Waals surface area contributed by atoms with Crippen molar-refractivity contribution in [1.29, 1.82) is 0 Å². The van der Waals surface area contributed by atoms with E-state index in [1.54, 1.807) is 23.1 Å². The molecule has 2 N–H and O–H groups in total. The van der Waals surface area contributed by atoms with E-state index in [1.807, 2.05) is 32.0 Å². The van der Waals surface area contributed by atoms with E-state index in [4.69, 9.17) is 0 Å². The van der Waals surface area contributed by atoms with Gasteiger partial charge in [0.2, 0.25) is 0 Å². The van der Waals surface area contributed by atoms with Crippen LogP contribution in [0.25, 0.3) is 0 Å². The molecule has 0 aliphatic rings. The van der Waals surface area contributed by atoms with Crippen LogP contribution in [0, 0.1) is 0 Å². The zero-order valence-electron chi connectivity index (χ0n) is 13.1. The molecule has 6 nitrogen and oxygen atoms in total. The van der Waals surface area contributed by atoms with E-state index < -0.39 is 0 Å². The lowest BCUT2D eigenvalue weighted by Crippen LogP contribution is -2.30. The largest absolute Gasteiger partial charge is 0.338 e. The fourth-order valence-electron chi connectivity index (χ4n) is 2.16. The third kappa shape index (κ3) is 4.87. The molecule has 0 bridgehead atoms. The number of rotatable bonds is 7. The molecule has 2 amide bonds. The summed E-state index contributed by atoms with van der Waals surface area (Å²) in [6.07, 6.45) is 6.35. The van der Waals surface area contributed by atoms with Crippen molar-refractivity contribution in [2.45, 2.75) is 39.2 Å². The van der Waals surface area contributed by atoms with Crippen molar-refractivity contribution in [2.75, 3.05) is 11.9 Å². The number of amides is 2. The molecule has 0 unspecified atom stereocenters. The van der Waals surface area contributed by atoms with Gasteiger partial charge in [0.05, 0.1) is 6.20 Å². The summed E-state index contributed by atoms with van der Waals surface area (Å²) >= 11 is 0. The van der Waals surface area contributed by atoms with E-state index in [9.17, 15) is 4.79 Å². The molecule has 0 aliphatic carbocycles. The molecule has 0 saturated heterocycles. The molecule has 0 saturated carbocycles. The van der Waals surface area contributed by atoms with E-state index in [0.717, 1.165) is 25.0 Å². The summed E-state index contributed by atoms with van der Waals surface area (Å²) in [6, 6.07) is 7.74. The molecule has 6 heteroatoms. The summed E-state index contributed by atoms with van der Waals surface area (Å²) in [5.74, 6) is 0.709. The lowest BCUT2D eigenvalue weighted by atomic mass is 10.2. The maximum atomic E-state index is 11.8. The van der Waals surface area contributed by atoms with Crippen LogP contribution < -0.4 is 10.6 Å².